The van der Waals surface area contributed by atoms with Crippen molar-refractivity contribution in [3.63, 3.8) is 0 Å². The van der Waals surface area contributed by atoms with Gasteiger partial charge in [-0.05, 0) is 69.4 Å². The van der Waals surface area contributed by atoms with E-state index < -0.39 is 47.0 Å². The van der Waals surface area contributed by atoms with Crippen LogP contribution in [-0.4, -0.2) is 69.0 Å². The van der Waals surface area contributed by atoms with Gasteiger partial charge in [0.25, 0.3) is 11.5 Å². The maximum Gasteiger partial charge on any atom is 0.416 e. The first kappa shape index (κ1) is 35.0. The van der Waals surface area contributed by atoms with Crippen LogP contribution in [0.2, 0.25) is 5.02 Å². The van der Waals surface area contributed by atoms with Crippen LogP contribution in [0.4, 0.5) is 23.2 Å². The Hall–Kier alpha value is -5.45. The number of aromatic nitrogens is 7. The number of hydrogen-bond donors (Lipinski definition) is 2. The van der Waals surface area contributed by atoms with Crippen molar-refractivity contribution in [2.24, 2.45) is 0 Å². The van der Waals surface area contributed by atoms with E-state index in [2.05, 4.69) is 30.4 Å². The number of hydrogen-bond acceptors (Lipinski definition) is 9. The Morgan fingerprint density at radius 1 is 1.10 bits per heavy atom. The van der Waals surface area contributed by atoms with E-state index in [0.717, 1.165) is 16.6 Å². The number of nitrogens with one attached hydrogen (secondary N) is 1. The number of aromatic hydroxyl groups is 1. The van der Waals surface area contributed by atoms with Crippen molar-refractivity contribution in [2.45, 2.75) is 64.1 Å². The summed E-state index contributed by atoms with van der Waals surface area (Å²) in [5.41, 5.74) is -0.969. The van der Waals surface area contributed by atoms with Crippen LogP contribution in [-0.2, 0) is 22.9 Å². The van der Waals surface area contributed by atoms with Crippen molar-refractivity contribution in [3.05, 3.63) is 91.9 Å². The number of halogens is 5. The van der Waals surface area contributed by atoms with Gasteiger partial charge < -0.3 is 19.9 Å². The number of fused-ring (bicyclic) bond motifs is 3. The number of carbonyl (C=O) groups is 2. The van der Waals surface area contributed by atoms with E-state index in [4.69, 9.17) is 11.6 Å². The van der Waals surface area contributed by atoms with Crippen molar-refractivity contribution in [2.75, 3.05) is 18.4 Å². The van der Waals surface area contributed by atoms with Crippen molar-refractivity contribution >= 4 is 34.9 Å². The lowest BCUT2D eigenvalue weighted by Gasteiger charge is -2.39. The van der Waals surface area contributed by atoms with Gasteiger partial charge >= 0.3 is 6.18 Å². The summed E-state index contributed by atoms with van der Waals surface area (Å²) >= 11 is 6.12. The maximum atomic E-state index is 15.0. The molecule has 0 radical (unpaired) electrons. The number of nitrogens with zero attached hydrogens (tertiary/aromatic N) is 8. The van der Waals surface area contributed by atoms with E-state index in [9.17, 15) is 32.7 Å². The number of amides is 2. The molecule has 18 heteroatoms. The lowest BCUT2D eigenvalue weighted by atomic mass is 9.73. The van der Waals surface area contributed by atoms with Crippen molar-refractivity contribution in [1.29, 1.82) is 0 Å². The highest BCUT2D eigenvalue weighted by molar-refractivity contribution is 6.33. The zero-order chi connectivity index (χ0) is 37.3. The van der Waals surface area contributed by atoms with Gasteiger partial charge in [0.1, 0.15) is 12.9 Å². The Balaban J connectivity index is 1.29. The molecule has 0 bridgehead atoms. The second kappa shape index (κ2) is 12.6. The van der Waals surface area contributed by atoms with Crippen LogP contribution in [0.3, 0.4) is 0 Å². The van der Waals surface area contributed by atoms with Gasteiger partial charge in [0, 0.05) is 35.5 Å². The fraction of sp³-hybridized carbons (Fsp3) is 0.353. The zero-order valence-electron chi connectivity index (χ0n) is 27.9. The number of alkyl halides is 3. The minimum absolute atomic E-state index is 0.0569. The highest BCUT2D eigenvalue weighted by Gasteiger charge is 2.49. The molecule has 1 unspecified atom stereocenters. The van der Waals surface area contributed by atoms with E-state index >= 15 is 4.39 Å². The molecule has 4 aromatic heterocycles. The average molecular weight is 740 g/mol. The summed E-state index contributed by atoms with van der Waals surface area (Å²) in [6, 6.07) is 5.54. The minimum atomic E-state index is -4.64. The summed E-state index contributed by atoms with van der Waals surface area (Å²) in [6.07, 6.45) is -2.25. The average Bonchev–Trinajstić information content (AvgIpc) is 3.64. The van der Waals surface area contributed by atoms with Gasteiger partial charge in [-0.2, -0.15) is 27.1 Å². The van der Waals surface area contributed by atoms with Crippen LogP contribution in [0, 0.1) is 19.8 Å². The van der Waals surface area contributed by atoms with E-state index in [1.54, 1.807) is 24.8 Å². The second-order valence-electron chi connectivity index (χ2n) is 13.2. The molecular formula is C34H30ClF4N9O4. The summed E-state index contributed by atoms with van der Waals surface area (Å²) in [5.74, 6) is -2.84. The van der Waals surface area contributed by atoms with Gasteiger partial charge in [-0.3, -0.25) is 14.4 Å². The molecule has 13 nitrogen and oxygen atoms in total. The van der Waals surface area contributed by atoms with Crippen molar-refractivity contribution < 1.29 is 32.3 Å². The van der Waals surface area contributed by atoms with Gasteiger partial charge in [0.2, 0.25) is 17.6 Å². The molecule has 5 aromatic rings. The summed E-state index contributed by atoms with van der Waals surface area (Å²) < 4.78 is 57.3. The Labute approximate surface area is 297 Å². The summed E-state index contributed by atoms with van der Waals surface area (Å²) in [7, 11) is 0. The van der Waals surface area contributed by atoms with Gasteiger partial charge in [0.15, 0.2) is 17.3 Å². The lowest BCUT2D eigenvalue weighted by molar-refractivity contribution is -0.137. The molecule has 1 atom stereocenters. The molecule has 2 amide bonds. The molecule has 1 saturated heterocycles. The first-order valence-corrected chi connectivity index (χ1v) is 16.6. The molecule has 1 fully saturated rings. The third-order valence-electron chi connectivity index (χ3n) is 9.80. The first-order chi connectivity index (χ1) is 24.6. The van der Waals surface area contributed by atoms with Crippen molar-refractivity contribution in [1.82, 2.24) is 39.0 Å². The number of benzene rings is 1. The van der Waals surface area contributed by atoms with E-state index in [1.165, 1.54) is 17.0 Å². The van der Waals surface area contributed by atoms with Gasteiger partial charge in [-0.1, -0.05) is 18.5 Å². The third kappa shape index (κ3) is 5.91. The molecule has 0 saturated carbocycles. The maximum absolute atomic E-state index is 15.0. The highest BCUT2D eigenvalue weighted by Crippen LogP contribution is 2.50. The van der Waals surface area contributed by atoms with Crippen LogP contribution < -0.4 is 10.9 Å². The van der Waals surface area contributed by atoms with E-state index in [1.807, 2.05) is 6.92 Å². The summed E-state index contributed by atoms with van der Waals surface area (Å²) in [4.78, 5) is 59.2. The number of rotatable bonds is 5. The Morgan fingerprint density at radius 2 is 1.83 bits per heavy atom. The number of aryl methyl sites for hydroxylation is 2. The quantitative estimate of drug-likeness (QED) is 0.183. The number of likely N-dealkylation sites (tertiary alicyclic amines) is 1. The largest absolute Gasteiger partial charge is 0.504 e. The van der Waals surface area contributed by atoms with E-state index in [-0.39, 0.29) is 64.0 Å². The van der Waals surface area contributed by atoms with Gasteiger partial charge in [-0.25, -0.2) is 15.0 Å². The molecule has 7 rings (SSSR count). The normalized spacial score (nSPS) is 16.8. The zero-order valence-corrected chi connectivity index (χ0v) is 28.7. The Kier molecular flexibility index (Phi) is 8.51. The number of anilines is 1. The third-order valence-corrected chi connectivity index (χ3v) is 10.1. The van der Waals surface area contributed by atoms with Crippen LogP contribution in [0.5, 0.6) is 5.75 Å². The minimum Gasteiger partial charge on any atom is -0.504 e. The summed E-state index contributed by atoms with van der Waals surface area (Å²) in [5, 5.41) is 17.0. The molecule has 52 heavy (non-hydrogen) atoms. The van der Waals surface area contributed by atoms with Gasteiger partial charge in [-0.15, -0.1) is 5.10 Å². The topological polar surface area (TPSA) is 160 Å². The molecule has 1 aliphatic carbocycles. The molecule has 1 aliphatic heterocycles. The number of piperidine rings is 1. The van der Waals surface area contributed by atoms with Crippen LogP contribution >= 0.6 is 11.6 Å². The monoisotopic (exact) mass is 739 g/mol. The smallest absolute Gasteiger partial charge is 0.416 e. The SMILES string of the molecule is Cc1ccc(-c2nc3n(CC(=O)Nc4ccc(C(F)(F)F)cc4Cl)c4c(c(=O)n3n2)C2(CCN(C(=O)c3ncnc(C)c3O)CC2)CC4C)c(F)n1. The number of pyridine rings is 1. The Morgan fingerprint density at radius 3 is 2.50 bits per heavy atom. The van der Waals surface area contributed by atoms with Crippen LogP contribution in [0.1, 0.15) is 70.8 Å². The number of carbonyl (C=O) groups excluding carboxylic acids is 2. The summed E-state index contributed by atoms with van der Waals surface area (Å²) in [6.45, 7) is 5.05. The molecule has 2 aliphatic rings. The predicted molar refractivity (Wildman–Crippen MR) is 179 cm³/mol. The second-order valence-corrected chi connectivity index (χ2v) is 13.6. The van der Waals surface area contributed by atoms with Crippen molar-refractivity contribution in [3.8, 4) is 17.1 Å². The van der Waals surface area contributed by atoms with Crippen LogP contribution in [0.15, 0.2) is 41.5 Å². The lowest BCUT2D eigenvalue weighted by Crippen LogP contribution is -2.46. The van der Waals surface area contributed by atoms with Gasteiger partial charge in [0.05, 0.1) is 27.5 Å². The molecular weight excluding hydrogens is 710 g/mol. The fourth-order valence-corrected chi connectivity index (χ4v) is 7.55. The molecule has 5 heterocycles. The Bertz CT molecular complexity index is 2350. The molecule has 2 N–H and O–H groups in total. The standard InChI is InChI=1S/C34H30ClF4N9O4/c1-16-13-33(8-10-46(11-9-33)31(52)25-27(50)18(3)40-15-41-25)24-26(16)47(14-23(49)43-22-7-5-19(12-21(22)35)34(37,38)39)32-44-29(45-48(32)30(24)51)20-6-4-17(2)42-28(20)36/h4-7,12,15-16,50H,8-11,13-14H2,1-3H3,(H,43,49). The molecule has 1 spiro atoms. The fourth-order valence-electron chi connectivity index (χ4n) is 7.32. The van der Waals surface area contributed by atoms with Crippen LogP contribution in [0.25, 0.3) is 17.2 Å². The first-order valence-electron chi connectivity index (χ1n) is 16.2. The van der Waals surface area contributed by atoms with E-state index in [0.29, 0.717) is 42.3 Å². The predicted octanol–water partition coefficient (Wildman–Crippen LogP) is 5.20. The molecule has 270 valence electrons. The molecule has 1 aromatic carbocycles. The highest BCUT2D eigenvalue weighted by atomic mass is 35.5.